The van der Waals surface area contributed by atoms with Gasteiger partial charge < -0.3 is 4.98 Å². The number of aromatic amines is 2. The number of halogens is 1. The number of benzene rings is 2. The third-order valence-electron chi connectivity index (χ3n) is 5.43. The fourth-order valence-electron chi connectivity index (χ4n) is 3.83. The summed E-state index contributed by atoms with van der Waals surface area (Å²) in [5.41, 5.74) is 5.01. The topological polar surface area (TPSA) is 91.5 Å². The summed E-state index contributed by atoms with van der Waals surface area (Å²) in [6.07, 6.45) is 5.72. The Kier molecular flexibility index (Phi) is 5.19. The van der Waals surface area contributed by atoms with Gasteiger partial charge in [0.2, 0.25) is 9.84 Å². The number of fused-ring (bicyclic) bond motifs is 1. The zero-order chi connectivity index (χ0) is 22.3. The molecule has 0 radical (unpaired) electrons. The van der Waals surface area contributed by atoms with Gasteiger partial charge in [-0.25, -0.2) is 13.4 Å². The van der Waals surface area contributed by atoms with E-state index in [4.69, 9.17) is 0 Å². The van der Waals surface area contributed by atoms with Crippen molar-refractivity contribution in [1.82, 2.24) is 20.2 Å². The van der Waals surface area contributed by atoms with E-state index < -0.39 is 9.84 Å². The van der Waals surface area contributed by atoms with Crippen LogP contribution in [0.2, 0.25) is 0 Å². The Balaban J connectivity index is 1.71. The minimum absolute atomic E-state index is 0.189. The van der Waals surface area contributed by atoms with Crippen molar-refractivity contribution in [1.29, 1.82) is 0 Å². The van der Waals surface area contributed by atoms with Gasteiger partial charge in [-0.2, -0.15) is 5.10 Å². The monoisotopic (exact) mass is 506 g/mol. The van der Waals surface area contributed by atoms with Gasteiger partial charge in [-0.1, -0.05) is 48.0 Å². The highest BCUT2D eigenvalue weighted by Gasteiger charge is 2.27. The molecule has 0 aliphatic rings. The van der Waals surface area contributed by atoms with Gasteiger partial charge in [0, 0.05) is 41.5 Å². The quantitative estimate of drug-likeness (QED) is 0.331. The molecule has 3 aromatic heterocycles. The molecule has 160 valence electrons. The summed E-state index contributed by atoms with van der Waals surface area (Å²) < 4.78 is 27.8. The van der Waals surface area contributed by atoms with Crippen molar-refractivity contribution < 1.29 is 8.42 Å². The number of rotatable bonds is 5. The minimum Gasteiger partial charge on any atom is -0.345 e. The number of H-pyrrole nitrogens is 2. The molecule has 3 heterocycles. The predicted octanol–water partition coefficient (Wildman–Crippen LogP) is 5.45. The molecule has 6 nitrogen and oxygen atoms in total. The first-order chi connectivity index (χ1) is 15.4. The number of nitrogens with one attached hydrogen (secondary N) is 2. The van der Waals surface area contributed by atoms with Gasteiger partial charge in [-0.3, -0.25) is 5.10 Å². The van der Waals surface area contributed by atoms with E-state index in [2.05, 4.69) is 36.1 Å². The van der Waals surface area contributed by atoms with Gasteiger partial charge in [0.1, 0.15) is 5.65 Å². The largest absolute Gasteiger partial charge is 0.345 e. The molecular formula is C24H19BrN4O2S. The van der Waals surface area contributed by atoms with E-state index in [1.165, 1.54) is 6.20 Å². The van der Waals surface area contributed by atoms with Crippen molar-refractivity contribution >= 4 is 36.8 Å². The van der Waals surface area contributed by atoms with E-state index in [0.717, 1.165) is 27.9 Å². The van der Waals surface area contributed by atoms with E-state index in [9.17, 15) is 8.42 Å². The second kappa shape index (κ2) is 8.03. The van der Waals surface area contributed by atoms with Gasteiger partial charge in [-0.15, -0.1) is 0 Å². The summed E-state index contributed by atoms with van der Waals surface area (Å²) in [5, 5.41) is 7.91. The summed E-state index contributed by atoms with van der Waals surface area (Å²) in [4.78, 5) is 7.96. The Morgan fingerprint density at radius 3 is 2.47 bits per heavy atom. The number of pyridine rings is 1. The molecular weight excluding hydrogens is 488 g/mol. The van der Waals surface area contributed by atoms with Crippen molar-refractivity contribution in [3.8, 4) is 11.1 Å². The maximum Gasteiger partial charge on any atom is 0.208 e. The number of hydrogen-bond donors (Lipinski definition) is 2. The molecule has 0 amide bonds. The fourth-order valence-corrected chi connectivity index (χ4v) is 6.28. The fraction of sp³-hybridized carbons (Fsp3) is 0.0833. The highest BCUT2D eigenvalue weighted by atomic mass is 79.9. The molecule has 0 aliphatic carbocycles. The van der Waals surface area contributed by atoms with Crippen LogP contribution in [0.4, 0.5) is 0 Å². The van der Waals surface area contributed by atoms with Gasteiger partial charge in [-0.05, 0) is 40.5 Å². The first-order valence-electron chi connectivity index (χ1n) is 9.99. The van der Waals surface area contributed by atoms with E-state index in [0.29, 0.717) is 21.9 Å². The van der Waals surface area contributed by atoms with E-state index in [1.54, 1.807) is 36.7 Å². The lowest BCUT2D eigenvalue weighted by Gasteiger charge is -2.10. The molecule has 2 N–H and O–H groups in total. The number of nitrogens with zero attached hydrogens (tertiary/aromatic N) is 2. The minimum atomic E-state index is -3.81. The lowest BCUT2D eigenvalue weighted by atomic mass is 10.0. The molecule has 0 atom stereocenters. The average molecular weight is 507 g/mol. The zero-order valence-corrected chi connectivity index (χ0v) is 19.5. The summed E-state index contributed by atoms with van der Waals surface area (Å²) in [6.45, 7) is 1.92. The lowest BCUT2D eigenvalue weighted by Crippen LogP contribution is -2.05. The van der Waals surface area contributed by atoms with Gasteiger partial charge in [0.15, 0.2) is 0 Å². The van der Waals surface area contributed by atoms with Crippen LogP contribution in [0.25, 0.3) is 22.2 Å². The highest BCUT2D eigenvalue weighted by molar-refractivity contribution is 9.10. The van der Waals surface area contributed by atoms with Crippen molar-refractivity contribution in [2.24, 2.45) is 0 Å². The molecule has 8 heteroatoms. The van der Waals surface area contributed by atoms with E-state index >= 15 is 0 Å². The maximum atomic E-state index is 13.7. The molecule has 5 rings (SSSR count). The standard InChI is InChI=1S/C24H19BrN4O2S/c1-15-7-9-17(10-8-15)32(30,31)23-20(25)14-27-24-22(23)19(12-26-24)18-13-28-29-21(18)11-16-5-3-2-4-6-16/h2-10,12-14H,11H2,1H3,(H,26,27)(H,28,29). The third-order valence-corrected chi connectivity index (χ3v) is 8.15. The second-order valence-electron chi connectivity index (χ2n) is 7.59. The molecule has 0 fully saturated rings. The molecule has 0 saturated heterocycles. The molecule has 32 heavy (non-hydrogen) atoms. The van der Waals surface area contributed by atoms with Crippen molar-refractivity contribution in [2.75, 3.05) is 0 Å². The number of aromatic nitrogens is 4. The number of hydrogen-bond acceptors (Lipinski definition) is 4. The maximum absolute atomic E-state index is 13.7. The third kappa shape index (κ3) is 3.55. The summed E-state index contributed by atoms with van der Waals surface area (Å²) in [6, 6.07) is 16.9. The van der Waals surface area contributed by atoms with Crippen molar-refractivity contribution in [3.63, 3.8) is 0 Å². The van der Waals surface area contributed by atoms with Crippen LogP contribution < -0.4 is 0 Å². The number of sulfone groups is 1. The smallest absolute Gasteiger partial charge is 0.208 e. The first-order valence-corrected chi connectivity index (χ1v) is 12.3. The highest BCUT2D eigenvalue weighted by Crippen LogP contribution is 2.39. The Hall–Kier alpha value is -3.23. The Labute approximate surface area is 193 Å². The van der Waals surface area contributed by atoms with Crippen molar-refractivity contribution in [2.45, 2.75) is 23.1 Å². The molecule has 0 aliphatic heterocycles. The van der Waals surface area contributed by atoms with Gasteiger partial charge in [0.05, 0.1) is 20.0 Å². The van der Waals surface area contributed by atoms with Crippen LogP contribution in [-0.4, -0.2) is 28.6 Å². The van der Waals surface area contributed by atoms with Crippen LogP contribution in [-0.2, 0) is 16.3 Å². The van der Waals surface area contributed by atoms with E-state index in [1.807, 2.05) is 37.3 Å². The molecule has 2 aromatic carbocycles. The van der Waals surface area contributed by atoms with Crippen LogP contribution >= 0.6 is 15.9 Å². The first kappa shape index (κ1) is 20.7. The molecule has 0 spiro atoms. The van der Waals surface area contributed by atoms with Gasteiger partial charge >= 0.3 is 0 Å². The van der Waals surface area contributed by atoms with Gasteiger partial charge in [0.25, 0.3) is 0 Å². The van der Waals surface area contributed by atoms with Crippen LogP contribution in [0.1, 0.15) is 16.8 Å². The number of aryl methyl sites for hydroxylation is 1. The Morgan fingerprint density at radius 1 is 0.969 bits per heavy atom. The van der Waals surface area contributed by atoms with Crippen LogP contribution in [0.3, 0.4) is 0 Å². The predicted molar refractivity (Wildman–Crippen MR) is 127 cm³/mol. The molecule has 5 aromatic rings. The van der Waals surface area contributed by atoms with Crippen LogP contribution in [0, 0.1) is 6.92 Å². The summed E-state index contributed by atoms with van der Waals surface area (Å²) in [5.74, 6) is 0. The van der Waals surface area contributed by atoms with E-state index in [-0.39, 0.29) is 9.79 Å². The lowest BCUT2D eigenvalue weighted by molar-refractivity contribution is 0.596. The van der Waals surface area contributed by atoms with Crippen LogP contribution in [0.5, 0.6) is 0 Å². The molecule has 0 bridgehead atoms. The SMILES string of the molecule is Cc1ccc(S(=O)(=O)c2c(Br)cnc3[nH]cc(-c4c[nH]nc4Cc4ccccc4)c23)cc1. The zero-order valence-electron chi connectivity index (χ0n) is 17.1. The summed E-state index contributed by atoms with van der Waals surface area (Å²) in [7, 11) is -3.81. The normalized spacial score (nSPS) is 11.8. The molecule has 0 saturated carbocycles. The Morgan fingerprint density at radius 2 is 1.72 bits per heavy atom. The van der Waals surface area contributed by atoms with Crippen LogP contribution in [0.15, 0.2) is 87.5 Å². The average Bonchev–Trinajstić information content (AvgIpc) is 3.41. The second-order valence-corrected chi connectivity index (χ2v) is 10.3. The molecule has 0 unspecified atom stereocenters. The summed E-state index contributed by atoms with van der Waals surface area (Å²) >= 11 is 3.44. The van der Waals surface area contributed by atoms with Crippen molar-refractivity contribution in [3.05, 3.63) is 94.5 Å². The Bertz CT molecular complexity index is 1520.